The van der Waals surface area contributed by atoms with Crippen LogP contribution in [0.15, 0.2) is 24.3 Å². The molecule has 1 aliphatic carbocycles. The Bertz CT molecular complexity index is 360. The molecule has 1 atom stereocenters. The third kappa shape index (κ3) is 2.44. The van der Waals surface area contributed by atoms with Crippen molar-refractivity contribution in [2.24, 2.45) is 5.92 Å². The Hall–Kier alpha value is -0.470. The molecule has 2 aliphatic rings. The van der Waals surface area contributed by atoms with Gasteiger partial charge in [-0.1, -0.05) is 24.3 Å². The Balaban J connectivity index is 1.75. The van der Waals surface area contributed by atoms with E-state index in [1.165, 1.54) is 37.3 Å². The van der Waals surface area contributed by atoms with E-state index in [1.54, 1.807) is 11.1 Å². The van der Waals surface area contributed by atoms with Gasteiger partial charge in [-0.3, -0.25) is 0 Å². The highest BCUT2D eigenvalue weighted by Gasteiger charge is 2.24. The van der Waals surface area contributed by atoms with Crippen molar-refractivity contribution in [2.75, 3.05) is 18.1 Å². The third-order valence-electron chi connectivity index (χ3n) is 3.58. The van der Waals surface area contributed by atoms with Gasteiger partial charge < -0.3 is 5.32 Å². The first-order valence-electron chi connectivity index (χ1n) is 6.32. The predicted octanol–water partition coefficient (Wildman–Crippen LogP) is 3.02. The molecule has 1 nitrogen and oxygen atoms in total. The van der Waals surface area contributed by atoms with Gasteiger partial charge in [0.05, 0.1) is 0 Å². The molecule has 1 fully saturated rings. The van der Waals surface area contributed by atoms with Crippen LogP contribution in [0.3, 0.4) is 0 Å². The summed E-state index contributed by atoms with van der Waals surface area (Å²) in [5, 5.41) is 3.76. The van der Waals surface area contributed by atoms with E-state index in [9.17, 15) is 0 Å². The number of aryl methyl sites for hydroxylation is 1. The van der Waals surface area contributed by atoms with Gasteiger partial charge in [0.1, 0.15) is 0 Å². The molecular weight excluding hydrogens is 214 g/mol. The second-order valence-corrected chi connectivity index (χ2v) is 6.08. The smallest absolute Gasteiger partial charge is 0.0414 e. The van der Waals surface area contributed by atoms with E-state index in [0.29, 0.717) is 6.04 Å². The van der Waals surface area contributed by atoms with Gasteiger partial charge >= 0.3 is 0 Å². The molecule has 16 heavy (non-hydrogen) atoms. The largest absolute Gasteiger partial charge is 0.309 e. The molecule has 1 saturated carbocycles. The maximum Gasteiger partial charge on any atom is 0.0414 e. The summed E-state index contributed by atoms with van der Waals surface area (Å²) in [6.45, 7) is 1.22. The number of benzene rings is 1. The molecule has 1 aliphatic heterocycles. The normalized spacial score (nSPS) is 24.9. The van der Waals surface area contributed by atoms with E-state index < -0.39 is 0 Å². The summed E-state index contributed by atoms with van der Waals surface area (Å²) in [6, 6.07) is 9.55. The van der Waals surface area contributed by atoms with Crippen molar-refractivity contribution in [1.82, 2.24) is 5.32 Å². The van der Waals surface area contributed by atoms with Gasteiger partial charge in [0, 0.05) is 11.8 Å². The van der Waals surface area contributed by atoms with E-state index in [2.05, 4.69) is 41.3 Å². The number of fused-ring (bicyclic) bond motifs is 1. The highest BCUT2D eigenvalue weighted by molar-refractivity contribution is 7.99. The van der Waals surface area contributed by atoms with Crippen LogP contribution < -0.4 is 5.32 Å². The molecule has 1 aromatic rings. The van der Waals surface area contributed by atoms with Crippen molar-refractivity contribution >= 4 is 11.8 Å². The van der Waals surface area contributed by atoms with Crippen LogP contribution in [0.25, 0.3) is 0 Å². The molecule has 1 heterocycles. The minimum absolute atomic E-state index is 0.587. The predicted molar refractivity (Wildman–Crippen MR) is 70.9 cm³/mol. The first-order chi connectivity index (χ1) is 7.93. The van der Waals surface area contributed by atoms with Crippen LogP contribution in [-0.4, -0.2) is 18.1 Å². The Morgan fingerprint density at radius 1 is 1.25 bits per heavy atom. The minimum atomic E-state index is 0.587. The highest BCUT2D eigenvalue weighted by Crippen LogP contribution is 2.31. The molecule has 1 N–H and O–H groups in total. The van der Waals surface area contributed by atoms with E-state index in [4.69, 9.17) is 0 Å². The van der Waals surface area contributed by atoms with Gasteiger partial charge in [0.25, 0.3) is 0 Å². The standard InChI is InChI=1S/C14H19NS/c1-2-4-13-12(3-1)7-8-16-10-14(13)15-9-11-5-6-11/h1-4,11,14-15H,5-10H2. The van der Waals surface area contributed by atoms with Crippen molar-refractivity contribution in [1.29, 1.82) is 0 Å². The Labute approximate surface area is 102 Å². The molecule has 0 radical (unpaired) electrons. The van der Waals surface area contributed by atoms with E-state index in [1.807, 2.05) is 0 Å². The fourth-order valence-corrected chi connectivity index (χ4v) is 3.44. The molecular formula is C14H19NS. The molecule has 0 amide bonds. The molecule has 0 bridgehead atoms. The van der Waals surface area contributed by atoms with Gasteiger partial charge in [-0.2, -0.15) is 11.8 Å². The molecule has 1 unspecified atom stereocenters. The van der Waals surface area contributed by atoms with Crippen molar-refractivity contribution in [3.8, 4) is 0 Å². The highest BCUT2D eigenvalue weighted by atomic mass is 32.2. The average Bonchev–Trinajstić information content (AvgIpc) is 3.13. The molecule has 0 saturated heterocycles. The molecule has 0 spiro atoms. The molecule has 86 valence electrons. The Morgan fingerprint density at radius 2 is 2.12 bits per heavy atom. The van der Waals surface area contributed by atoms with Crippen molar-refractivity contribution < 1.29 is 0 Å². The summed E-state index contributed by atoms with van der Waals surface area (Å²) in [5.41, 5.74) is 3.11. The van der Waals surface area contributed by atoms with Crippen LogP contribution in [0, 0.1) is 5.92 Å². The fraction of sp³-hybridized carbons (Fsp3) is 0.571. The quantitative estimate of drug-likeness (QED) is 0.861. The Kier molecular flexibility index (Phi) is 3.20. The summed E-state index contributed by atoms with van der Waals surface area (Å²) in [7, 11) is 0. The van der Waals surface area contributed by atoms with Gasteiger partial charge in [0.15, 0.2) is 0 Å². The summed E-state index contributed by atoms with van der Waals surface area (Å²) < 4.78 is 0. The second-order valence-electron chi connectivity index (χ2n) is 4.93. The molecule has 2 heteroatoms. The van der Waals surface area contributed by atoms with E-state index >= 15 is 0 Å². The summed E-state index contributed by atoms with van der Waals surface area (Å²) in [6.07, 6.45) is 4.12. The van der Waals surface area contributed by atoms with Crippen LogP contribution in [0.4, 0.5) is 0 Å². The van der Waals surface area contributed by atoms with Crippen molar-refractivity contribution in [3.63, 3.8) is 0 Å². The van der Waals surface area contributed by atoms with Gasteiger partial charge in [-0.05, 0) is 48.6 Å². The lowest BCUT2D eigenvalue weighted by atomic mass is 9.99. The lowest BCUT2D eigenvalue weighted by molar-refractivity contribution is 0.554. The number of hydrogen-bond donors (Lipinski definition) is 1. The van der Waals surface area contributed by atoms with Crippen molar-refractivity contribution in [2.45, 2.75) is 25.3 Å². The first kappa shape index (κ1) is 10.7. The first-order valence-corrected chi connectivity index (χ1v) is 7.48. The molecule has 3 rings (SSSR count). The SMILES string of the molecule is c1ccc2c(c1)CCSCC2NCC1CC1. The maximum atomic E-state index is 3.76. The van der Waals surface area contributed by atoms with Crippen LogP contribution in [0.2, 0.25) is 0 Å². The summed E-state index contributed by atoms with van der Waals surface area (Å²) >= 11 is 2.09. The topological polar surface area (TPSA) is 12.0 Å². The average molecular weight is 233 g/mol. The fourth-order valence-electron chi connectivity index (χ4n) is 2.37. The monoisotopic (exact) mass is 233 g/mol. The van der Waals surface area contributed by atoms with Gasteiger partial charge in [-0.25, -0.2) is 0 Å². The van der Waals surface area contributed by atoms with E-state index in [-0.39, 0.29) is 0 Å². The minimum Gasteiger partial charge on any atom is -0.309 e. The van der Waals surface area contributed by atoms with Gasteiger partial charge in [-0.15, -0.1) is 0 Å². The maximum absolute atomic E-state index is 3.76. The molecule has 1 aromatic carbocycles. The number of rotatable bonds is 3. The summed E-state index contributed by atoms with van der Waals surface area (Å²) in [5.74, 6) is 3.49. The number of nitrogens with one attached hydrogen (secondary N) is 1. The van der Waals surface area contributed by atoms with Crippen LogP contribution >= 0.6 is 11.8 Å². The zero-order valence-corrected chi connectivity index (χ0v) is 10.4. The zero-order chi connectivity index (χ0) is 10.8. The van der Waals surface area contributed by atoms with Crippen molar-refractivity contribution in [3.05, 3.63) is 35.4 Å². The second kappa shape index (κ2) is 4.80. The van der Waals surface area contributed by atoms with E-state index in [0.717, 1.165) is 5.92 Å². The van der Waals surface area contributed by atoms with Crippen LogP contribution in [-0.2, 0) is 6.42 Å². The molecule has 0 aromatic heterocycles. The van der Waals surface area contributed by atoms with Crippen LogP contribution in [0.1, 0.15) is 30.0 Å². The van der Waals surface area contributed by atoms with Crippen LogP contribution in [0.5, 0.6) is 0 Å². The third-order valence-corrected chi connectivity index (χ3v) is 4.64. The summed E-state index contributed by atoms with van der Waals surface area (Å²) in [4.78, 5) is 0. The number of thioether (sulfide) groups is 1. The number of hydrogen-bond acceptors (Lipinski definition) is 2. The lowest BCUT2D eigenvalue weighted by Crippen LogP contribution is -2.25. The Morgan fingerprint density at radius 3 is 3.00 bits per heavy atom. The zero-order valence-electron chi connectivity index (χ0n) is 9.61. The van der Waals surface area contributed by atoms with Gasteiger partial charge in [0.2, 0.25) is 0 Å². The lowest BCUT2D eigenvalue weighted by Gasteiger charge is -2.18.